The van der Waals surface area contributed by atoms with E-state index in [1.807, 2.05) is 63.2 Å². The van der Waals surface area contributed by atoms with Crippen molar-refractivity contribution < 1.29 is 19.4 Å². The van der Waals surface area contributed by atoms with E-state index in [1.54, 1.807) is 18.2 Å². The number of phenols is 1. The van der Waals surface area contributed by atoms with E-state index in [1.165, 1.54) is 6.07 Å². The fraction of sp³-hybridized carbons (Fsp3) is 0.269. The Morgan fingerprint density at radius 1 is 0.935 bits per heavy atom. The summed E-state index contributed by atoms with van der Waals surface area (Å²) >= 11 is 6.09. The van der Waals surface area contributed by atoms with Crippen LogP contribution in [0.25, 0.3) is 0 Å². The fourth-order valence-corrected chi connectivity index (χ4v) is 3.91. The van der Waals surface area contributed by atoms with Crippen molar-refractivity contribution in [1.29, 1.82) is 0 Å². The van der Waals surface area contributed by atoms with Gasteiger partial charge in [0, 0.05) is 17.2 Å². The highest BCUT2D eigenvalue weighted by molar-refractivity contribution is 6.30. The van der Waals surface area contributed by atoms with E-state index in [0.717, 1.165) is 11.1 Å². The lowest BCUT2D eigenvalue weighted by Gasteiger charge is -2.25. The lowest BCUT2D eigenvalue weighted by atomic mass is 9.78. The van der Waals surface area contributed by atoms with E-state index in [9.17, 15) is 9.90 Å². The molecule has 3 aromatic rings. The molecule has 1 unspecified atom stereocenters. The molecule has 31 heavy (non-hydrogen) atoms. The van der Waals surface area contributed by atoms with Gasteiger partial charge in [-0.3, -0.25) is 4.79 Å². The quantitative estimate of drug-likeness (QED) is 0.382. The smallest absolute Gasteiger partial charge is 0.178 e. The topological polar surface area (TPSA) is 55.8 Å². The summed E-state index contributed by atoms with van der Waals surface area (Å²) in [5, 5.41) is 11.4. The largest absolute Gasteiger partial charge is 0.507 e. The van der Waals surface area contributed by atoms with Crippen LogP contribution in [0, 0.1) is 0 Å². The minimum atomic E-state index is -0.539. The molecule has 0 bridgehead atoms. The van der Waals surface area contributed by atoms with Gasteiger partial charge in [-0.2, -0.15) is 0 Å². The molecule has 5 heteroatoms. The molecule has 3 aromatic carbocycles. The zero-order valence-corrected chi connectivity index (χ0v) is 18.7. The number of ether oxygens (including phenoxy) is 2. The van der Waals surface area contributed by atoms with Crippen LogP contribution in [-0.2, 0) is 0 Å². The molecule has 0 heterocycles. The maximum atomic E-state index is 13.9. The summed E-state index contributed by atoms with van der Waals surface area (Å²) in [6, 6.07) is 20.2. The standard InChI is InChI=1S/C26H27ClO4/c1-4-30-21-15-22(28)25(23(16-21)31-5-2)26(29)24(19-11-13-20(27)14-12-19)17(3)18-9-7-6-8-10-18/h6-17,24,28H,4-5H2,1-3H3/t17-,24?/m0/s1. The first-order valence-corrected chi connectivity index (χ1v) is 10.8. The van der Waals surface area contributed by atoms with Gasteiger partial charge < -0.3 is 14.6 Å². The highest BCUT2D eigenvalue weighted by Gasteiger charge is 2.33. The Morgan fingerprint density at radius 2 is 1.58 bits per heavy atom. The molecule has 162 valence electrons. The first-order valence-electron chi connectivity index (χ1n) is 10.4. The summed E-state index contributed by atoms with van der Waals surface area (Å²) in [6.45, 7) is 6.50. The number of hydrogen-bond donors (Lipinski definition) is 1. The summed E-state index contributed by atoms with van der Waals surface area (Å²) in [5.74, 6) is -0.284. The van der Waals surface area contributed by atoms with Crippen LogP contribution in [0.15, 0.2) is 66.7 Å². The summed E-state index contributed by atoms with van der Waals surface area (Å²) in [4.78, 5) is 13.9. The number of halogens is 1. The second kappa shape index (κ2) is 10.4. The first-order chi connectivity index (χ1) is 15.0. The van der Waals surface area contributed by atoms with E-state index in [0.29, 0.717) is 29.7 Å². The molecule has 0 spiro atoms. The first kappa shape index (κ1) is 22.7. The maximum absolute atomic E-state index is 13.9. The molecule has 0 saturated carbocycles. The molecule has 4 nitrogen and oxygen atoms in total. The van der Waals surface area contributed by atoms with Crippen molar-refractivity contribution in [1.82, 2.24) is 0 Å². The van der Waals surface area contributed by atoms with Crippen molar-refractivity contribution in [3.8, 4) is 17.2 Å². The summed E-state index contributed by atoms with van der Waals surface area (Å²) in [5.41, 5.74) is 2.01. The van der Waals surface area contributed by atoms with Gasteiger partial charge in [-0.15, -0.1) is 0 Å². The molecule has 0 aliphatic heterocycles. The van der Waals surface area contributed by atoms with Gasteiger partial charge in [0.15, 0.2) is 5.78 Å². The Balaban J connectivity index is 2.13. The second-order valence-corrected chi connectivity index (χ2v) is 7.71. The molecule has 0 radical (unpaired) electrons. The van der Waals surface area contributed by atoms with Crippen molar-refractivity contribution in [2.75, 3.05) is 13.2 Å². The van der Waals surface area contributed by atoms with E-state index >= 15 is 0 Å². The third-order valence-electron chi connectivity index (χ3n) is 5.25. The van der Waals surface area contributed by atoms with Crippen molar-refractivity contribution in [3.63, 3.8) is 0 Å². The number of hydrogen-bond acceptors (Lipinski definition) is 4. The number of benzene rings is 3. The van der Waals surface area contributed by atoms with Crippen molar-refractivity contribution in [2.24, 2.45) is 0 Å². The molecule has 1 N–H and O–H groups in total. The molecule has 0 aliphatic carbocycles. The predicted molar refractivity (Wildman–Crippen MR) is 124 cm³/mol. The molecule has 0 fully saturated rings. The number of aromatic hydroxyl groups is 1. The van der Waals surface area contributed by atoms with Gasteiger partial charge in [0.2, 0.25) is 0 Å². The Hall–Kier alpha value is -2.98. The Bertz CT molecular complexity index is 1020. The maximum Gasteiger partial charge on any atom is 0.178 e. The van der Waals surface area contributed by atoms with E-state index < -0.39 is 5.92 Å². The molecule has 2 atom stereocenters. The number of carbonyl (C=O) groups excluding carboxylic acids is 1. The molecule has 0 saturated heterocycles. The SMILES string of the molecule is CCOc1cc(O)c(C(=O)C(c2ccc(Cl)cc2)[C@@H](C)c2ccccc2)c(OCC)c1. The molecule has 0 aliphatic rings. The van der Waals surface area contributed by atoms with Crippen LogP contribution >= 0.6 is 11.6 Å². The Morgan fingerprint density at radius 3 is 2.19 bits per heavy atom. The van der Waals surface area contributed by atoms with Crippen molar-refractivity contribution in [3.05, 3.63) is 88.4 Å². The van der Waals surface area contributed by atoms with Gasteiger partial charge in [0.1, 0.15) is 22.8 Å². The van der Waals surface area contributed by atoms with E-state index in [2.05, 4.69) is 0 Å². The Labute approximate surface area is 188 Å². The predicted octanol–water partition coefficient (Wildman–Crippen LogP) is 6.61. The number of carbonyl (C=O) groups is 1. The lowest BCUT2D eigenvalue weighted by molar-refractivity contribution is 0.0942. The van der Waals surface area contributed by atoms with Gasteiger partial charge in [0.25, 0.3) is 0 Å². The minimum absolute atomic E-state index is 0.143. The number of rotatable bonds is 9. The van der Waals surface area contributed by atoms with Gasteiger partial charge in [-0.1, -0.05) is 61.0 Å². The summed E-state index contributed by atoms with van der Waals surface area (Å²) in [7, 11) is 0. The normalized spacial score (nSPS) is 12.8. The van der Waals surface area contributed by atoms with Crippen LogP contribution in [0.5, 0.6) is 17.2 Å². The van der Waals surface area contributed by atoms with E-state index in [-0.39, 0.29) is 23.0 Å². The third kappa shape index (κ3) is 5.20. The monoisotopic (exact) mass is 438 g/mol. The van der Waals surface area contributed by atoms with Crippen LogP contribution in [0.1, 0.15) is 54.1 Å². The zero-order chi connectivity index (χ0) is 22.4. The van der Waals surface area contributed by atoms with Crippen molar-refractivity contribution in [2.45, 2.75) is 32.6 Å². The molecular formula is C26H27ClO4. The average Bonchev–Trinajstić information content (AvgIpc) is 2.76. The lowest BCUT2D eigenvalue weighted by Crippen LogP contribution is -2.20. The fourth-order valence-electron chi connectivity index (χ4n) is 3.78. The van der Waals surface area contributed by atoms with Crippen LogP contribution in [-0.4, -0.2) is 24.1 Å². The van der Waals surface area contributed by atoms with Crippen LogP contribution in [0.4, 0.5) is 0 Å². The van der Waals surface area contributed by atoms with Crippen LogP contribution in [0.3, 0.4) is 0 Å². The summed E-state index contributed by atoms with van der Waals surface area (Å²) < 4.78 is 11.3. The molecule has 0 aromatic heterocycles. The number of phenolic OH excluding ortho intramolecular Hbond substituents is 1. The van der Waals surface area contributed by atoms with Gasteiger partial charge in [-0.05, 0) is 43.0 Å². The molecule has 0 amide bonds. The van der Waals surface area contributed by atoms with Crippen molar-refractivity contribution >= 4 is 17.4 Å². The zero-order valence-electron chi connectivity index (χ0n) is 18.0. The Kier molecular flexibility index (Phi) is 7.59. The van der Waals surface area contributed by atoms with E-state index in [4.69, 9.17) is 21.1 Å². The van der Waals surface area contributed by atoms with Crippen LogP contribution in [0.2, 0.25) is 5.02 Å². The van der Waals surface area contributed by atoms with Gasteiger partial charge >= 0.3 is 0 Å². The number of Topliss-reactive ketones (excluding diaryl/α,β-unsaturated/α-hetero) is 1. The second-order valence-electron chi connectivity index (χ2n) is 7.27. The third-order valence-corrected chi connectivity index (χ3v) is 5.50. The summed E-state index contributed by atoms with van der Waals surface area (Å²) in [6.07, 6.45) is 0. The highest BCUT2D eigenvalue weighted by atomic mass is 35.5. The van der Waals surface area contributed by atoms with Gasteiger partial charge in [0.05, 0.1) is 19.1 Å². The highest BCUT2D eigenvalue weighted by Crippen LogP contribution is 2.42. The van der Waals surface area contributed by atoms with Gasteiger partial charge in [-0.25, -0.2) is 0 Å². The average molecular weight is 439 g/mol. The van der Waals surface area contributed by atoms with Crippen LogP contribution < -0.4 is 9.47 Å². The minimum Gasteiger partial charge on any atom is -0.507 e. The molecule has 3 rings (SSSR count). The number of ketones is 1. The molecular weight excluding hydrogens is 412 g/mol.